The Bertz CT molecular complexity index is 229. The van der Waals surface area contributed by atoms with Crippen LogP contribution in [0.15, 0.2) is 0 Å². The third-order valence-corrected chi connectivity index (χ3v) is 5.91. The summed E-state index contributed by atoms with van der Waals surface area (Å²) in [4.78, 5) is 2.74. The molecule has 0 radical (unpaired) electrons. The lowest BCUT2D eigenvalue weighted by atomic mass is 9.73. The molecule has 2 heteroatoms. The van der Waals surface area contributed by atoms with E-state index in [9.17, 15) is 0 Å². The number of piperidine rings is 1. The van der Waals surface area contributed by atoms with Gasteiger partial charge in [0, 0.05) is 12.1 Å². The topological polar surface area (TPSA) is 29.3 Å². The maximum Gasteiger partial charge on any atom is 0.0331 e. The normalized spacial score (nSPS) is 28.4. The summed E-state index contributed by atoms with van der Waals surface area (Å²) in [6.07, 6.45) is 11.0. The highest BCUT2D eigenvalue weighted by Gasteiger charge is 2.42. The van der Waals surface area contributed by atoms with Crippen molar-refractivity contribution in [1.29, 1.82) is 0 Å². The molecule has 0 bridgehead atoms. The molecule has 17 heavy (non-hydrogen) atoms. The molecule has 1 aliphatic heterocycles. The average molecular weight is 238 g/mol. The van der Waals surface area contributed by atoms with Crippen LogP contribution in [0.25, 0.3) is 0 Å². The van der Waals surface area contributed by atoms with Crippen LogP contribution in [-0.4, -0.2) is 30.1 Å². The van der Waals surface area contributed by atoms with E-state index in [4.69, 9.17) is 5.73 Å². The van der Waals surface area contributed by atoms with Gasteiger partial charge in [-0.1, -0.05) is 39.5 Å². The van der Waals surface area contributed by atoms with Crippen molar-refractivity contribution in [3.05, 3.63) is 0 Å². The Labute approximate surface area is 107 Å². The summed E-state index contributed by atoms with van der Waals surface area (Å²) >= 11 is 0. The van der Waals surface area contributed by atoms with Gasteiger partial charge in [-0.3, -0.25) is 4.90 Å². The standard InChI is InChI=1S/C15H30N2/c1-3-14(4-2)9-11-17(12-10-14)15(13-16)7-5-6-8-15/h3-13,16H2,1-2H3. The summed E-state index contributed by atoms with van der Waals surface area (Å²) in [5.41, 5.74) is 7.12. The quantitative estimate of drug-likeness (QED) is 0.815. The lowest BCUT2D eigenvalue weighted by molar-refractivity contribution is 0.0191. The molecular formula is C15H30N2. The summed E-state index contributed by atoms with van der Waals surface area (Å²) in [5.74, 6) is 0. The van der Waals surface area contributed by atoms with Gasteiger partial charge in [-0.25, -0.2) is 0 Å². The second-order valence-corrected chi connectivity index (χ2v) is 6.33. The molecule has 0 unspecified atom stereocenters. The Morgan fingerprint density at radius 1 is 0.941 bits per heavy atom. The van der Waals surface area contributed by atoms with Crippen LogP contribution in [0.5, 0.6) is 0 Å². The number of nitrogens with zero attached hydrogens (tertiary/aromatic N) is 1. The predicted molar refractivity (Wildman–Crippen MR) is 74.1 cm³/mol. The van der Waals surface area contributed by atoms with E-state index in [1.807, 2.05) is 0 Å². The van der Waals surface area contributed by atoms with Crippen molar-refractivity contribution in [2.24, 2.45) is 11.1 Å². The monoisotopic (exact) mass is 238 g/mol. The first-order valence-corrected chi connectivity index (χ1v) is 7.65. The Balaban J connectivity index is 1.98. The van der Waals surface area contributed by atoms with Gasteiger partial charge in [-0.15, -0.1) is 0 Å². The molecule has 1 saturated heterocycles. The highest BCUT2D eigenvalue weighted by molar-refractivity contribution is 4.99. The summed E-state index contributed by atoms with van der Waals surface area (Å²) in [6, 6.07) is 0. The molecule has 2 nitrogen and oxygen atoms in total. The molecule has 2 aliphatic rings. The zero-order valence-electron chi connectivity index (χ0n) is 11.8. The molecule has 2 fully saturated rings. The highest BCUT2D eigenvalue weighted by Crippen LogP contribution is 2.43. The minimum absolute atomic E-state index is 0.383. The number of hydrogen-bond donors (Lipinski definition) is 1. The van der Waals surface area contributed by atoms with Gasteiger partial charge in [0.2, 0.25) is 0 Å². The van der Waals surface area contributed by atoms with Crippen molar-refractivity contribution >= 4 is 0 Å². The molecule has 2 N–H and O–H groups in total. The molecular weight excluding hydrogens is 208 g/mol. The van der Waals surface area contributed by atoms with Crippen molar-refractivity contribution in [2.75, 3.05) is 19.6 Å². The Kier molecular flexibility index (Phi) is 4.14. The van der Waals surface area contributed by atoms with Crippen molar-refractivity contribution in [1.82, 2.24) is 4.90 Å². The summed E-state index contributed by atoms with van der Waals surface area (Å²) in [5, 5.41) is 0. The van der Waals surface area contributed by atoms with Crippen LogP contribution in [0.1, 0.15) is 65.2 Å². The zero-order chi connectivity index (χ0) is 12.4. The van der Waals surface area contributed by atoms with Gasteiger partial charge < -0.3 is 5.73 Å². The molecule has 0 aromatic rings. The van der Waals surface area contributed by atoms with Crippen LogP contribution in [0.4, 0.5) is 0 Å². The number of likely N-dealkylation sites (tertiary alicyclic amines) is 1. The van der Waals surface area contributed by atoms with Crippen LogP contribution in [0.3, 0.4) is 0 Å². The minimum atomic E-state index is 0.383. The molecule has 0 aromatic carbocycles. The highest BCUT2D eigenvalue weighted by atomic mass is 15.2. The van der Waals surface area contributed by atoms with Crippen LogP contribution < -0.4 is 5.73 Å². The molecule has 1 saturated carbocycles. The third kappa shape index (κ3) is 2.39. The SMILES string of the molecule is CCC1(CC)CCN(C2(CN)CCCC2)CC1. The minimum Gasteiger partial charge on any atom is -0.329 e. The van der Waals surface area contributed by atoms with E-state index in [1.54, 1.807) is 0 Å². The van der Waals surface area contributed by atoms with Gasteiger partial charge in [0.05, 0.1) is 0 Å². The van der Waals surface area contributed by atoms with Crippen LogP contribution >= 0.6 is 0 Å². The molecule has 0 aromatic heterocycles. The van der Waals surface area contributed by atoms with Gasteiger partial charge in [0.25, 0.3) is 0 Å². The zero-order valence-corrected chi connectivity index (χ0v) is 11.8. The average Bonchev–Trinajstić information content (AvgIpc) is 2.89. The molecule has 2 rings (SSSR count). The van der Waals surface area contributed by atoms with Crippen LogP contribution in [0, 0.1) is 5.41 Å². The molecule has 0 spiro atoms. The fourth-order valence-corrected chi connectivity index (χ4v) is 4.10. The Hall–Kier alpha value is -0.0800. The Morgan fingerprint density at radius 3 is 1.88 bits per heavy atom. The largest absolute Gasteiger partial charge is 0.329 e. The summed E-state index contributed by atoms with van der Waals surface area (Å²) < 4.78 is 0. The van der Waals surface area contributed by atoms with Crippen molar-refractivity contribution in [2.45, 2.75) is 70.8 Å². The van der Waals surface area contributed by atoms with E-state index in [1.165, 1.54) is 64.5 Å². The number of hydrogen-bond acceptors (Lipinski definition) is 2. The van der Waals surface area contributed by atoms with Crippen molar-refractivity contribution < 1.29 is 0 Å². The van der Waals surface area contributed by atoms with E-state index in [2.05, 4.69) is 18.7 Å². The smallest absolute Gasteiger partial charge is 0.0331 e. The van der Waals surface area contributed by atoms with E-state index in [-0.39, 0.29) is 0 Å². The van der Waals surface area contributed by atoms with Gasteiger partial charge in [-0.2, -0.15) is 0 Å². The second kappa shape index (κ2) is 5.27. The molecule has 0 atom stereocenters. The first kappa shape index (κ1) is 13.4. The second-order valence-electron chi connectivity index (χ2n) is 6.33. The lowest BCUT2D eigenvalue weighted by Gasteiger charge is -2.48. The molecule has 1 heterocycles. The molecule has 1 aliphatic carbocycles. The lowest BCUT2D eigenvalue weighted by Crippen LogP contribution is -2.56. The first-order chi connectivity index (χ1) is 8.20. The predicted octanol–water partition coefficient (Wildman–Crippen LogP) is 3.16. The number of rotatable bonds is 4. The maximum atomic E-state index is 6.09. The summed E-state index contributed by atoms with van der Waals surface area (Å²) in [6.45, 7) is 8.19. The summed E-state index contributed by atoms with van der Waals surface area (Å²) in [7, 11) is 0. The van der Waals surface area contributed by atoms with E-state index in [0.717, 1.165) is 6.54 Å². The number of nitrogens with two attached hydrogens (primary N) is 1. The van der Waals surface area contributed by atoms with Gasteiger partial charge >= 0.3 is 0 Å². The fourth-order valence-electron chi connectivity index (χ4n) is 4.10. The van der Waals surface area contributed by atoms with Gasteiger partial charge in [0.15, 0.2) is 0 Å². The fraction of sp³-hybridized carbons (Fsp3) is 1.00. The molecule has 0 amide bonds. The maximum absolute atomic E-state index is 6.09. The molecule has 100 valence electrons. The van der Waals surface area contributed by atoms with Crippen molar-refractivity contribution in [3.8, 4) is 0 Å². The Morgan fingerprint density at radius 2 is 1.47 bits per heavy atom. The van der Waals surface area contributed by atoms with E-state index >= 15 is 0 Å². The first-order valence-electron chi connectivity index (χ1n) is 7.65. The van der Waals surface area contributed by atoms with Gasteiger partial charge in [-0.05, 0) is 44.2 Å². The van der Waals surface area contributed by atoms with Gasteiger partial charge in [0.1, 0.15) is 0 Å². The van der Waals surface area contributed by atoms with Crippen LogP contribution in [-0.2, 0) is 0 Å². The van der Waals surface area contributed by atoms with Crippen molar-refractivity contribution in [3.63, 3.8) is 0 Å². The van der Waals surface area contributed by atoms with E-state index < -0.39 is 0 Å². The third-order valence-electron chi connectivity index (χ3n) is 5.91. The van der Waals surface area contributed by atoms with Crippen LogP contribution in [0.2, 0.25) is 0 Å². The van der Waals surface area contributed by atoms with E-state index in [0.29, 0.717) is 11.0 Å².